The Kier molecular flexibility index (Phi) is 3.50. The first kappa shape index (κ1) is 15.9. The summed E-state index contributed by atoms with van der Waals surface area (Å²) in [6, 6.07) is 15.2. The number of rotatable bonds is 3. The molecule has 1 unspecified atom stereocenters. The zero-order valence-electron chi connectivity index (χ0n) is 13.8. The number of carbonyl (C=O) groups is 3. The monoisotopic (exact) mass is 349 g/mol. The van der Waals surface area contributed by atoms with Gasteiger partial charge in [0.1, 0.15) is 11.1 Å². The van der Waals surface area contributed by atoms with Gasteiger partial charge >= 0.3 is 6.03 Å². The molecule has 1 fully saturated rings. The molecule has 3 aromatic rings. The van der Waals surface area contributed by atoms with Crippen LogP contribution in [0.2, 0.25) is 0 Å². The van der Waals surface area contributed by atoms with E-state index in [0.717, 1.165) is 5.39 Å². The molecular formula is C19H15N3O4. The lowest BCUT2D eigenvalue weighted by Crippen LogP contribution is -2.40. The lowest BCUT2D eigenvalue weighted by Gasteiger charge is -2.21. The summed E-state index contributed by atoms with van der Waals surface area (Å²) in [7, 11) is 0. The number of anilines is 1. The van der Waals surface area contributed by atoms with E-state index in [1.807, 2.05) is 18.2 Å². The van der Waals surface area contributed by atoms with Crippen molar-refractivity contribution >= 4 is 34.5 Å². The summed E-state index contributed by atoms with van der Waals surface area (Å²) in [5.41, 5.74) is 0.678. The molecule has 1 atom stereocenters. The van der Waals surface area contributed by atoms with Gasteiger partial charge in [-0.1, -0.05) is 30.3 Å². The Morgan fingerprint density at radius 2 is 1.81 bits per heavy atom. The van der Waals surface area contributed by atoms with E-state index in [1.165, 1.54) is 0 Å². The maximum atomic E-state index is 12.4. The summed E-state index contributed by atoms with van der Waals surface area (Å²) >= 11 is 0. The van der Waals surface area contributed by atoms with Crippen LogP contribution in [0.5, 0.6) is 0 Å². The first-order valence-electron chi connectivity index (χ1n) is 8.00. The fraction of sp³-hybridized carbons (Fsp3) is 0.105. The second-order valence-corrected chi connectivity index (χ2v) is 6.21. The normalized spacial score (nSPS) is 19.3. The molecule has 1 saturated heterocycles. The number of imide groups is 1. The fourth-order valence-electron chi connectivity index (χ4n) is 2.92. The summed E-state index contributed by atoms with van der Waals surface area (Å²) < 4.78 is 5.54. The van der Waals surface area contributed by atoms with Gasteiger partial charge in [0.25, 0.3) is 11.8 Å². The molecule has 0 spiro atoms. The van der Waals surface area contributed by atoms with Gasteiger partial charge in [-0.15, -0.1) is 0 Å². The molecule has 0 bridgehead atoms. The Bertz CT molecular complexity index is 1010. The number of para-hydroxylation sites is 1. The van der Waals surface area contributed by atoms with E-state index in [9.17, 15) is 14.4 Å². The van der Waals surface area contributed by atoms with E-state index in [-0.39, 0.29) is 11.7 Å². The van der Waals surface area contributed by atoms with Gasteiger partial charge in [-0.05, 0) is 36.8 Å². The molecule has 3 N–H and O–H groups in total. The third-order valence-electron chi connectivity index (χ3n) is 4.41. The van der Waals surface area contributed by atoms with Crippen LogP contribution < -0.4 is 16.0 Å². The molecule has 7 nitrogen and oxygen atoms in total. The average Bonchev–Trinajstić information content (AvgIpc) is 3.16. The second-order valence-electron chi connectivity index (χ2n) is 6.21. The standard InChI is InChI=1S/C19H15N3O4/c1-19(17(24)21-18(25)22-19)12-6-8-13(9-7-12)20-16(23)15-10-11-4-2-3-5-14(11)26-15/h2-10H,1H3,(H,20,23)(H2,21,22,24,25). The lowest BCUT2D eigenvalue weighted by molar-refractivity contribution is -0.123. The molecule has 7 heteroatoms. The number of urea groups is 1. The molecule has 2 aromatic carbocycles. The van der Waals surface area contributed by atoms with Gasteiger partial charge in [0, 0.05) is 11.1 Å². The molecule has 1 aliphatic heterocycles. The van der Waals surface area contributed by atoms with Crippen LogP contribution in [0.4, 0.5) is 10.5 Å². The van der Waals surface area contributed by atoms with Crippen LogP contribution in [0, 0.1) is 0 Å². The number of hydrogen-bond acceptors (Lipinski definition) is 4. The Balaban J connectivity index is 1.53. The van der Waals surface area contributed by atoms with Crippen molar-refractivity contribution in [3.8, 4) is 0 Å². The number of furan rings is 1. The van der Waals surface area contributed by atoms with Crippen LogP contribution in [0.1, 0.15) is 23.0 Å². The maximum absolute atomic E-state index is 12.4. The predicted octanol–water partition coefficient (Wildman–Crippen LogP) is 2.74. The Morgan fingerprint density at radius 3 is 2.46 bits per heavy atom. The molecule has 4 rings (SSSR count). The number of hydrogen-bond donors (Lipinski definition) is 3. The first-order chi connectivity index (χ1) is 12.5. The lowest BCUT2D eigenvalue weighted by atomic mass is 9.92. The highest BCUT2D eigenvalue weighted by molar-refractivity contribution is 6.07. The van der Waals surface area contributed by atoms with E-state index in [0.29, 0.717) is 16.8 Å². The summed E-state index contributed by atoms with van der Waals surface area (Å²) in [6.45, 7) is 1.62. The minimum atomic E-state index is -1.13. The smallest absolute Gasteiger partial charge is 0.322 e. The molecule has 130 valence electrons. The molecule has 1 aromatic heterocycles. The summed E-state index contributed by atoms with van der Waals surface area (Å²) in [4.78, 5) is 35.7. The zero-order chi connectivity index (χ0) is 18.3. The van der Waals surface area contributed by atoms with Crippen LogP contribution in [0.15, 0.2) is 59.0 Å². The third-order valence-corrected chi connectivity index (χ3v) is 4.41. The molecular weight excluding hydrogens is 334 g/mol. The van der Waals surface area contributed by atoms with Gasteiger partial charge < -0.3 is 15.1 Å². The zero-order valence-corrected chi connectivity index (χ0v) is 13.8. The van der Waals surface area contributed by atoms with Crippen molar-refractivity contribution in [2.75, 3.05) is 5.32 Å². The van der Waals surface area contributed by atoms with Crippen LogP contribution in [-0.4, -0.2) is 17.8 Å². The fourth-order valence-corrected chi connectivity index (χ4v) is 2.92. The van der Waals surface area contributed by atoms with E-state index in [4.69, 9.17) is 4.42 Å². The van der Waals surface area contributed by atoms with Gasteiger partial charge in [-0.3, -0.25) is 14.9 Å². The van der Waals surface area contributed by atoms with Crippen molar-refractivity contribution < 1.29 is 18.8 Å². The van der Waals surface area contributed by atoms with E-state index in [1.54, 1.807) is 43.3 Å². The van der Waals surface area contributed by atoms with Crippen LogP contribution in [0.25, 0.3) is 11.0 Å². The van der Waals surface area contributed by atoms with Crippen molar-refractivity contribution in [1.29, 1.82) is 0 Å². The molecule has 1 aliphatic rings. The highest BCUT2D eigenvalue weighted by atomic mass is 16.3. The number of carbonyl (C=O) groups excluding carboxylic acids is 3. The molecule has 4 amide bonds. The summed E-state index contributed by atoms with van der Waals surface area (Å²) in [6.07, 6.45) is 0. The largest absolute Gasteiger partial charge is 0.451 e. The van der Waals surface area contributed by atoms with Crippen molar-refractivity contribution in [2.24, 2.45) is 0 Å². The van der Waals surface area contributed by atoms with Gasteiger partial charge in [0.05, 0.1) is 0 Å². The van der Waals surface area contributed by atoms with Gasteiger partial charge in [0.15, 0.2) is 5.76 Å². The van der Waals surface area contributed by atoms with Gasteiger partial charge in [-0.2, -0.15) is 0 Å². The highest BCUT2D eigenvalue weighted by Crippen LogP contribution is 2.26. The number of amides is 4. The van der Waals surface area contributed by atoms with Crippen LogP contribution in [-0.2, 0) is 10.3 Å². The summed E-state index contributed by atoms with van der Waals surface area (Å²) in [5.74, 6) is -0.571. The third kappa shape index (κ3) is 2.59. The molecule has 2 heterocycles. The average molecular weight is 349 g/mol. The minimum Gasteiger partial charge on any atom is -0.451 e. The number of benzene rings is 2. The van der Waals surface area contributed by atoms with Crippen LogP contribution in [0.3, 0.4) is 0 Å². The van der Waals surface area contributed by atoms with Crippen molar-refractivity contribution in [2.45, 2.75) is 12.5 Å². The van der Waals surface area contributed by atoms with Gasteiger partial charge in [-0.25, -0.2) is 4.79 Å². The SMILES string of the molecule is CC1(c2ccc(NC(=O)c3cc4ccccc4o3)cc2)NC(=O)NC1=O. The van der Waals surface area contributed by atoms with Crippen molar-refractivity contribution in [3.05, 3.63) is 65.9 Å². The van der Waals surface area contributed by atoms with Crippen LogP contribution >= 0.6 is 0 Å². The van der Waals surface area contributed by atoms with E-state index >= 15 is 0 Å². The highest BCUT2D eigenvalue weighted by Gasteiger charge is 2.43. The Morgan fingerprint density at radius 1 is 1.08 bits per heavy atom. The Labute approximate surface area is 148 Å². The van der Waals surface area contributed by atoms with Crippen molar-refractivity contribution in [3.63, 3.8) is 0 Å². The number of nitrogens with one attached hydrogen (secondary N) is 3. The molecule has 0 saturated carbocycles. The summed E-state index contributed by atoms with van der Waals surface area (Å²) in [5, 5.41) is 8.41. The second kappa shape index (κ2) is 5.73. The molecule has 26 heavy (non-hydrogen) atoms. The van der Waals surface area contributed by atoms with Crippen molar-refractivity contribution in [1.82, 2.24) is 10.6 Å². The maximum Gasteiger partial charge on any atom is 0.322 e. The minimum absolute atomic E-state index is 0.213. The van der Waals surface area contributed by atoms with E-state index < -0.39 is 17.5 Å². The quantitative estimate of drug-likeness (QED) is 0.633. The van der Waals surface area contributed by atoms with E-state index in [2.05, 4.69) is 16.0 Å². The molecule has 0 aliphatic carbocycles. The number of fused-ring (bicyclic) bond motifs is 1. The predicted molar refractivity (Wildman–Crippen MR) is 94.6 cm³/mol. The first-order valence-corrected chi connectivity index (χ1v) is 8.00. The topological polar surface area (TPSA) is 100 Å². The Hall–Kier alpha value is -3.61. The van der Waals surface area contributed by atoms with Gasteiger partial charge in [0.2, 0.25) is 0 Å². The molecule has 0 radical (unpaired) electrons.